The molecule has 1 aliphatic heterocycles. The molecule has 1 N–H and O–H groups in total. The lowest BCUT2D eigenvalue weighted by Gasteiger charge is -2.21. The van der Waals surface area contributed by atoms with Gasteiger partial charge >= 0.3 is 0 Å². The molecule has 1 aromatic carbocycles. The van der Waals surface area contributed by atoms with Gasteiger partial charge in [-0.2, -0.15) is 0 Å². The number of hydrogen-bond acceptors (Lipinski definition) is 4. The highest BCUT2D eigenvalue weighted by Crippen LogP contribution is 2.27. The minimum absolute atomic E-state index is 0.203. The van der Waals surface area contributed by atoms with Crippen LogP contribution in [0.5, 0.6) is 0 Å². The summed E-state index contributed by atoms with van der Waals surface area (Å²) in [5.74, 6) is 0.416. The van der Waals surface area contributed by atoms with Gasteiger partial charge in [0.15, 0.2) is 0 Å². The SMILES string of the molecule is CNC(Cc1ccccc1[N+](=O)[O-])C1COC(C)C1. The molecule has 0 spiro atoms. The standard InChI is InChI=1S/C14H20N2O3/c1-10-7-12(9-19-10)13(15-2)8-11-5-3-4-6-14(11)16(17)18/h3-6,10,12-13,15H,7-9H2,1-2H3. The van der Waals surface area contributed by atoms with E-state index in [0.717, 1.165) is 18.6 Å². The smallest absolute Gasteiger partial charge is 0.272 e. The molecule has 3 unspecified atom stereocenters. The van der Waals surface area contributed by atoms with Gasteiger partial charge < -0.3 is 10.1 Å². The molecule has 0 radical (unpaired) electrons. The highest BCUT2D eigenvalue weighted by atomic mass is 16.6. The van der Waals surface area contributed by atoms with Crippen LogP contribution in [0.3, 0.4) is 0 Å². The number of rotatable bonds is 5. The van der Waals surface area contributed by atoms with E-state index in [9.17, 15) is 10.1 Å². The van der Waals surface area contributed by atoms with Crippen LogP contribution in [0.4, 0.5) is 5.69 Å². The van der Waals surface area contributed by atoms with Crippen LogP contribution in [-0.2, 0) is 11.2 Å². The van der Waals surface area contributed by atoms with Gasteiger partial charge in [0, 0.05) is 23.6 Å². The van der Waals surface area contributed by atoms with E-state index in [1.807, 2.05) is 19.2 Å². The molecule has 0 amide bonds. The molecular weight excluding hydrogens is 244 g/mol. The summed E-state index contributed by atoms with van der Waals surface area (Å²) >= 11 is 0. The van der Waals surface area contributed by atoms with E-state index in [0.29, 0.717) is 12.3 Å². The van der Waals surface area contributed by atoms with Crippen molar-refractivity contribution in [2.75, 3.05) is 13.7 Å². The molecule has 3 atom stereocenters. The zero-order valence-electron chi connectivity index (χ0n) is 11.3. The third-order valence-electron chi connectivity index (χ3n) is 3.80. The molecule has 19 heavy (non-hydrogen) atoms. The van der Waals surface area contributed by atoms with Gasteiger partial charge in [-0.3, -0.25) is 10.1 Å². The van der Waals surface area contributed by atoms with Crippen molar-refractivity contribution in [1.82, 2.24) is 5.32 Å². The largest absolute Gasteiger partial charge is 0.378 e. The van der Waals surface area contributed by atoms with Crippen molar-refractivity contribution in [1.29, 1.82) is 0 Å². The normalized spacial score (nSPS) is 24.3. The molecule has 1 saturated heterocycles. The van der Waals surface area contributed by atoms with Crippen LogP contribution < -0.4 is 5.32 Å². The van der Waals surface area contributed by atoms with Crippen molar-refractivity contribution in [3.05, 3.63) is 39.9 Å². The highest BCUT2D eigenvalue weighted by molar-refractivity contribution is 5.40. The van der Waals surface area contributed by atoms with Gasteiger partial charge in [-0.15, -0.1) is 0 Å². The first kappa shape index (κ1) is 14.0. The van der Waals surface area contributed by atoms with Crippen molar-refractivity contribution >= 4 is 5.69 Å². The van der Waals surface area contributed by atoms with Gasteiger partial charge in [0.2, 0.25) is 0 Å². The summed E-state index contributed by atoms with van der Waals surface area (Å²) in [7, 11) is 1.91. The number of benzene rings is 1. The predicted molar refractivity (Wildman–Crippen MR) is 73.2 cm³/mol. The Morgan fingerprint density at radius 3 is 2.84 bits per heavy atom. The fourth-order valence-electron chi connectivity index (χ4n) is 2.73. The molecule has 1 aliphatic rings. The maximum atomic E-state index is 11.0. The van der Waals surface area contributed by atoms with E-state index in [4.69, 9.17) is 4.74 Å². The first-order valence-electron chi connectivity index (χ1n) is 6.63. The molecule has 104 valence electrons. The Kier molecular flexibility index (Phi) is 4.50. The fraction of sp³-hybridized carbons (Fsp3) is 0.571. The molecule has 0 saturated carbocycles. The van der Waals surface area contributed by atoms with E-state index in [-0.39, 0.29) is 22.8 Å². The van der Waals surface area contributed by atoms with Gasteiger partial charge in [-0.1, -0.05) is 18.2 Å². The lowest BCUT2D eigenvalue weighted by atomic mass is 9.91. The van der Waals surface area contributed by atoms with Gasteiger partial charge in [-0.05, 0) is 26.8 Å². The summed E-state index contributed by atoms with van der Waals surface area (Å²) in [6.45, 7) is 2.80. The fourth-order valence-corrected chi connectivity index (χ4v) is 2.73. The van der Waals surface area contributed by atoms with Crippen molar-refractivity contribution < 1.29 is 9.66 Å². The Balaban J connectivity index is 2.12. The lowest BCUT2D eigenvalue weighted by Crippen LogP contribution is -2.36. The number of nitrogens with one attached hydrogen (secondary N) is 1. The summed E-state index contributed by atoms with van der Waals surface area (Å²) in [6.07, 6.45) is 1.95. The molecule has 1 fully saturated rings. The summed E-state index contributed by atoms with van der Waals surface area (Å²) in [4.78, 5) is 10.7. The van der Waals surface area contributed by atoms with E-state index < -0.39 is 0 Å². The van der Waals surface area contributed by atoms with Crippen LogP contribution in [0.1, 0.15) is 18.9 Å². The van der Waals surface area contributed by atoms with Crippen LogP contribution in [0.25, 0.3) is 0 Å². The van der Waals surface area contributed by atoms with Crippen molar-refractivity contribution in [2.45, 2.75) is 31.9 Å². The number of nitrogens with zero attached hydrogens (tertiary/aromatic N) is 1. The Morgan fingerprint density at radius 2 is 2.26 bits per heavy atom. The molecule has 5 heteroatoms. The summed E-state index contributed by atoms with van der Waals surface area (Å²) in [5, 5.41) is 14.3. The van der Waals surface area contributed by atoms with E-state index in [2.05, 4.69) is 12.2 Å². The molecule has 0 aromatic heterocycles. The quantitative estimate of drug-likeness (QED) is 0.653. The average molecular weight is 264 g/mol. The average Bonchev–Trinajstić information content (AvgIpc) is 2.82. The minimum atomic E-state index is -0.310. The number of ether oxygens (including phenoxy) is 1. The zero-order chi connectivity index (χ0) is 13.8. The zero-order valence-corrected chi connectivity index (χ0v) is 11.3. The molecule has 1 aromatic rings. The second-order valence-electron chi connectivity index (χ2n) is 5.12. The van der Waals surface area contributed by atoms with Gasteiger partial charge in [-0.25, -0.2) is 0 Å². The van der Waals surface area contributed by atoms with E-state index in [1.165, 1.54) is 0 Å². The maximum absolute atomic E-state index is 11.0. The van der Waals surface area contributed by atoms with Crippen LogP contribution in [-0.4, -0.2) is 30.7 Å². The van der Waals surface area contributed by atoms with E-state index >= 15 is 0 Å². The Labute approximate surface area is 113 Å². The van der Waals surface area contributed by atoms with Crippen LogP contribution in [0.15, 0.2) is 24.3 Å². The Bertz CT molecular complexity index is 450. The van der Waals surface area contributed by atoms with Crippen molar-refractivity contribution in [3.63, 3.8) is 0 Å². The Morgan fingerprint density at radius 1 is 1.53 bits per heavy atom. The third-order valence-corrected chi connectivity index (χ3v) is 3.80. The maximum Gasteiger partial charge on any atom is 0.272 e. The number of nitro benzene ring substituents is 1. The number of nitro groups is 1. The van der Waals surface area contributed by atoms with Gasteiger partial charge in [0.1, 0.15) is 0 Å². The van der Waals surface area contributed by atoms with E-state index in [1.54, 1.807) is 12.1 Å². The summed E-state index contributed by atoms with van der Waals surface area (Å²) < 4.78 is 5.59. The van der Waals surface area contributed by atoms with Crippen molar-refractivity contribution in [2.24, 2.45) is 5.92 Å². The first-order chi connectivity index (χ1) is 9.11. The van der Waals surface area contributed by atoms with Crippen LogP contribution >= 0.6 is 0 Å². The molecule has 2 rings (SSSR count). The number of likely N-dealkylation sites (N-methyl/N-ethyl adjacent to an activating group) is 1. The molecule has 5 nitrogen and oxygen atoms in total. The van der Waals surface area contributed by atoms with Crippen LogP contribution in [0.2, 0.25) is 0 Å². The molecular formula is C14H20N2O3. The van der Waals surface area contributed by atoms with Crippen LogP contribution in [0, 0.1) is 16.0 Å². The topological polar surface area (TPSA) is 64.4 Å². The van der Waals surface area contributed by atoms with Crippen molar-refractivity contribution in [3.8, 4) is 0 Å². The predicted octanol–water partition coefficient (Wildman–Crippen LogP) is 2.15. The molecule has 0 bridgehead atoms. The first-order valence-corrected chi connectivity index (χ1v) is 6.63. The monoisotopic (exact) mass is 264 g/mol. The minimum Gasteiger partial charge on any atom is -0.378 e. The Hall–Kier alpha value is -1.46. The second-order valence-corrected chi connectivity index (χ2v) is 5.12. The molecule has 0 aliphatic carbocycles. The third kappa shape index (κ3) is 3.30. The number of para-hydroxylation sites is 1. The highest BCUT2D eigenvalue weighted by Gasteiger charge is 2.30. The van der Waals surface area contributed by atoms with Gasteiger partial charge in [0.05, 0.1) is 17.6 Å². The summed E-state index contributed by atoms with van der Waals surface area (Å²) in [5.41, 5.74) is 0.987. The second kappa shape index (κ2) is 6.12. The lowest BCUT2D eigenvalue weighted by molar-refractivity contribution is -0.385. The van der Waals surface area contributed by atoms with Gasteiger partial charge in [0.25, 0.3) is 5.69 Å². The number of hydrogen-bond donors (Lipinski definition) is 1. The summed E-state index contributed by atoms with van der Waals surface area (Å²) in [6, 6.07) is 7.17. The molecule has 1 heterocycles.